The van der Waals surface area contributed by atoms with E-state index in [0.29, 0.717) is 12.5 Å². The molecule has 0 fully saturated rings. The topological polar surface area (TPSA) is 49.8 Å². The van der Waals surface area contributed by atoms with Crippen LogP contribution in [-0.2, 0) is 0 Å². The van der Waals surface area contributed by atoms with Crippen LogP contribution in [0.3, 0.4) is 0 Å². The van der Waals surface area contributed by atoms with Crippen LogP contribution in [0.2, 0.25) is 0 Å². The summed E-state index contributed by atoms with van der Waals surface area (Å²) in [5.41, 5.74) is 1.35. The molecule has 0 aromatic heterocycles. The molecule has 0 amide bonds. The Hall–Kier alpha value is -2.49. The molecular formula is C16H17NO3. The number of carbonyl (C=O) groups is 1. The van der Waals surface area contributed by atoms with Gasteiger partial charge in [-0.25, -0.2) is 4.79 Å². The fourth-order valence-corrected chi connectivity index (χ4v) is 1.83. The van der Waals surface area contributed by atoms with Crippen LogP contribution < -0.4 is 9.64 Å². The number of hydrogen-bond acceptors (Lipinski definition) is 3. The first kappa shape index (κ1) is 13.9. The predicted octanol–water partition coefficient (Wildman–Crippen LogP) is 3.25. The van der Waals surface area contributed by atoms with Crippen molar-refractivity contribution in [2.24, 2.45) is 0 Å². The summed E-state index contributed by atoms with van der Waals surface area (Å²) in [6, 6.07) is 16.4. The van der Waals surface area contributed by atoms with E-state index in [4.69, 9.17) is 9.84 Å². The number of benzene rings is 2. The van der Waals surface area contributed by atoms with Crippen molar-refractivity contribution in [2.45, 2.75) is 6.92 Å². The second kappa shape index (κ2) is 6.61. The van der Waals surface area contributed by atoms with E-state index in [9.17, 15) is 4.79 Å². The van der Waals surface area contributed by atoms with Gasteiger partial charge in [-0.2, -0.15) is 0 Å². The average Bonchev–Trinajstić information content (AvgIpc) is 2.49. The summed E-state index contributed by atoms with van der Waals surface area (Å²) in [6.07, 6.45) is 0. The molecule has 2 rings (SSSR count). The number of rotatable bonds is 6. The summed E-state index contributed by atoms with van der Waals surface area (Å²) in [4.78, 5) is 12.8. The summed E-state index contributed by atoms with van der Waals surface area (Å²) in [7, 11) is 0. The Morgan fingerprint density at radius 2 is 1.75 bits per heavy atom. The van der Waals surface area contributed by atoms with Crippen molar-refractivity contribution in [3.05, 3.63) is 60.2 Å². The van der Waals surface area contributed by atoms with Gasteiger partial charge in [0, 0.05) is 12.2 Å². The van der Waals surface area contributed by atoms with Crippen molar-refractivity contribution >= 4 is 11.7 Å². The maximum atomic E-state index is 10.8. The number of hydrogen-bond donors (Lipinski definition) is 1. The second-order valence-electron chi connectivity index (χ2n) is 4.29. The third-order valence-electron chi connectivity index (χ3n) is 2.99. The third-order valence-corrected chi connectivity index (χ3v) is 2.99. The molecule has 0 spiro atoms. The van der Waals surface area contributed by atoms with Crippen LogP contribution >= 0.6 is 0 Å². The van der Waals surface area contributed by atoms with Gasteiger partial charge in [0.1, 0.15) is 5.75 Å². The molecule has 0 unspecified atom stereocenters. The monoisotopic (exact) mass is 271 g/mol. The van der Waals surface area contributed by atoms with Gasteiger partial charge in [-0.1, -0.05) is 18.2 Å². The number of carboxylic acid groups (broad SMARTS) is 1. The van der Waals surface area contributed by atoms with Crippen molar-refractivity contribution in [1.82, 2.24) is 0 Å². The van der Waals surface area contributed by atoms with Crippen LogP contribution in [0.25, 0.3) is 0 Å². The highest BCUT2D eigenvalue weighted by molar-refractivity contribution is 5.87. The van der Waals surface area contributed by atoms with Crippen molar-refractivity contribution in [3.63, 3.8) is 0 Å². The Balaban J connectivity index is 1.98. The fourth-order valence-electron chi connectivity index (χ4n) is 1.83. The second-order valence-corrected chi connectivity index (χ2v) is 4.29. The number of carboxylic acids is 1. The van der Waals surface area contributed by atoms with Gasteiger partial charge in [-0.3, -0.25) is 0 Å². The molecule has 0 radical (unpaired) electrons. The summed E-state index contributed by atoms with van der Waals surface area (Å²) < 4.78 is 5.68. The highest BCUT2D eigenvalue weighted by atomic mass is 16.5. The molecule has 2 aromatic carbocycles. The van der Waals surface area contributed by atoms with Gasteiger partial charge in [0.25, 0.3) is 0 Å². The molecule has 20 heavy (non-hydrogen) atoms. The zero-order valence-electron chi connectivity index (χ0n) is 11.3. The van der Waals surface area contributed by atoms with Crippen molar-refractivity contribution < 1.29 is 14.6 Å². The van der Waals surface area contributed by atoms with Gasteiger partial charge in [0.15, 0.2) is 6.73 Å². The van der Waals surface area contributed by atoms with E-state index in [1.165, 1.54) is 12.1 Å². The Bertz CT molecular complexity index is 552. The highest BCUT2D eigenvalue weighted by Gasteiger charge is 2.05. The van der Waals surface area contributed by atoms with E-state index in [-0.39, 0.29) is 5.56 Å². The summed E-state index contributed by atoms with van der Waals surface area (Å²) in [6.45, 7) is 3.31. The Labute approximate surface area is 118 Å². The third kappa shape index (κ3) is 3.51. The van der Waals surface area contributed by atoms with Gasteiger partial charge in [-0.15, -0.1) is 0 Å². The normalized spacial score (nSPS) is 10.1. The number of anilines is 1. The van der Waals surface area contributed by atoms with Crippen molar-refractivity contribution in [3.8, 4) is 5.75 Å². The van der Waals surface area contributed by atoms with Crippen molar-refractivity contribution in [2.75, 3.05) is 18.2 Å². The molecule has 104 valence electrons. The Kier molecular flexibility index (Phi) is 4.60. The molecule has 0 bridgehead atoms. The lowest BCUT2D eigenvalue weighted by Gasteiger charge is -2.23. The molecule has 4 heteroatoms. The van der Waals surface area contributed by atoms with Gasteiger partial charge < -0.3 is 14.7 Å². The predicted molar refractivity (Wildman–Crippen MR) is 78.4 cm³/mol. The molecule has 0 saturated heterocycles. The van der Waals surface area contributed by atoms with Crippen LogP contribution in [0, 0.1) is 0 Å². The summed E-state index contributed by atoms with van der Waals surface area (Å²) in [5, 5.41) is 8.83. The smallest absolute Gasteiger partial charge is 0.335 e. The first-order chi connectivity index (χ1) is 9.70. The molecule has 0 heterocycles. The van der Waals surface area contributed by atoms with Crippen molar-refractivity contribution in [1.29, 1.82) is 0 Å². The largest absolute Gasteiger partial charge is 0.478 e. The SMILES string of the molecule is CCN(COc1ccc(C(=O)O)cc1)c1ccccc1. The first-order valence-corrected chi connectivity index (χ1v) is 6.47. The lowest BCUT2D eigenvalue weighted by Crippen LogP contribution is -2.27. The van der Waals surface area contributed by atoms with Crippen LogP contribution in [0.15, 0.2) is 54.6 Å². The minimum absolute atomic E-state index is 0.257. The minimum atomic E-state index is -0.934. The summed E-state index contributed by atoms with van der Waals surface area (Å²) in [5.74, 6) is -0.277. The first-order valence-electron chi connectivity index (χ1n) is 6.47. The fraction of sp³-hybridized carbons (Fsp3) is 0.188. The molecular weight excluding hydrogens is 254 g/mol. The lowest BCUT2D eigenvalue weighted by molar-refractivity contribution is 0.0697. The number of nitrogens with zero attached hydrogens (tertiary/aromatic N) is 1. The standard InChI is InChI=1S/C16H17NO3/c1-2-17(14-6-4-3-5-7-14)12-20-15-10-8-13(9-11-15)16(18)19/h3-11H,2,12H2,1H3,(H,18,19). The zero-order valence-corrected chi connectivity index (χ0v) is 11.3. The molecule has 0 aliphatic heterocycles. The number of para-hydroxylation sites is 1. The minimum Gasteiger partial charge on any atom is -0.478 e. The number of aromatic carboxylic acids is 1. The quantitative estimate of drug-likeness (QED) is 0.819. The van der Waals surface area contributed by atoms with Crippen LogP contribution in [0.4, 0.5) is 5.69 Å². The molecule has 0 aliphatic rings. The maximum absolute atomic E-state index is 10.8. The van der Waals surface area contributed by atoms with Gasteiger partial charge in [0.05, 0.1) is 5.56 Å². The van der Waals surface area contributed by atoms with Crippen LogP contribution in [-0.4, -0.2) is 24.4 Å². The molecule has 0 aliphatic carbocycles. The maximum Gasteiger partial charge on any atom is 0.335 e. The van der Waals surface area contributed by atoms with E-state index in [0.717, 1.165) is 12.2 Å². The Morgan fingerprint density at radius 3 is 2.30 bits per heavy atom. The molecule has 0 atom stereocenters. The van der Waals surface area contributed by atoms with E-state index < -0.39 is 5.97 Å². The van der Waals surface area contributed by atoms with E-state index in [1.54, 1.807) is 12.1 Å². The zero-order chi connectivity index (χ0) is 14.4. The molecule has 4 nitrogen and oxygen atoms in total. The van der Waals surface area contributed by atoms with Gasteiger partial charge in [-0.05, 0) is 43.3 Å². The van der Waals surface area contributed by atoms with E-state index in [2.05, 4.69) is 11.8 Å². The molecule has 2 aromatic rings. The summed E-state index contributed by atoms with van der Waals surface area (Å²) >= 11 is 0. The molecule has 1 N–H and O–H groups in total. The van der Waals surface area contributed by atoms with Crippen LogP contribution in [0.1, 0.15) is 17.3 Å². The molecule has 0 saturated carbocycles. The Morgan fingerprint density at radius 1 is 1.10 bits per heavy atom. The average molecular weight is 271 g/mol. The number of ether oxygens (including phenoxy) is 1. The van der Waals surface area contributed by atoms with E-state index >= 15 is 0 Å². The van der Waals surface area contributed by atoms with Crippen LogP contribution in [0.5, 0.6) is 5.75 Å². The van der Waals surface area contributed by atoms with Gasteiger partial charge >= 0.3 is 5.97 Å². The van der Waals surface area contributed by atoms with Gasteiger partial charge in [0.2, 0.25) is 0 Å². The highest BCUT2D eigenvalue weighted by Crippen LogP contribution is 2.16. The van der Waals surface area contributed by atoms with E-state index in [1.807, 2.05) is 30.3 Å². The lowest BCUT2D eigenvalue weighted by atomic mass is 10.2.